The lowest BCUT2D eigenvalue weighted by atomic mass is 10.1. The van der Waals surface area contributed by atoms with Gasteiger partial charge in [-0.05, 0) is 48.4 Å². The van der Waals surface area contributed by atoms with E-state index in [1.165, 1.54) is 49.5 Å². The number of hydrogen-bond donors (Lipinski definition) is 0. The van der Waals surface area contributed by atoms with Crippen molar-refractivity contribution < 1.29 is 22.4 Å². The molecule has 1 heterocycles. The Morgan fingerprint density at radius 1 is 1.17 bits per heavy atom. The highest BCUT2D eigenvalue weighted by Gasteiger charge is 2.41. The number of hydrogen-bond acceptors (Lipinski definition) is 2. The van der Waals surface area contributed by atoms with Crippen LogP contribution in [0.1, 0.15) is 21.6 Å². The largest absolute Gasteiger partial charge is 0.434 e. The second-order valence-electron chi connectivity index (χ2n) is 6.40. The van der Waals surface area contributed by atoms with E-state index < -0.39 is 29.2 Å². The van der Waals surface area contributed by atoms with E-state index in [0.29, 0.717) is 21.7 Å². The third-order valence-electron chi connectivity index (χ3n) is 4.31. The summed E-state index contributed by atoms with van der Waals surface area (Å²) in [7, 11) is 1.39. The first-order valence-electron chi connectivity index (χ1n) is 8.58. The average Bonchev–Trinajstić information content (AvgIpc) is 3.11. The summed E-state index contributed by atoms with van der Waals surface area (Å²) in [6.07, 6.45) is -3.60. The fourth-order valence-corrected chi connectivity index (χ4v) is 2.98. The third kappa shape index (κ3) is 4.76. The van der Waals surface area contributed by atoms with Gasteiger partial charge in [-0.15, -0.1) is 0 Å². The lowest BCUT2D eigenvalue weighted by Gasteiger charge is -2.18. The van der Waals surface area contributed by atoms with Gasteiger partial charge in [-0.2, -0.15) is 18.3 Å². The second-order valence-corrected chi connectivity index (χ2v) is 6.84. The molecule has 0 atom stereocenters. The van der Waals surface area contributed by atoms with Gasteiger partial charge < -0.3 is 4.90 Å². The van der Waals surface area contributed by atoms with Crippen LogP contribution in [0.25, 0.3) is 5.69 Å². The van der Waals surface area contributed by atoms with E-state index in [4.69, 9.17) is 11.6 Å². The van der Waals surface area contributed by atoms with Gasteiger partial charge in [0.1, 0.15) is 5.82 Å². The Morgan fingerprint density at radius 2 is 1.86 bits per heavy atom. The molecule has 152 valence electrons. The third-order valence-corrected chi connectivity index (χ3v) is 4.56. The molecule has 0 aliphatic carbocycles. The normalized spacial score (nSPS) is 11.5. The van der Waals surface area contributed by atoms with E-state index in [0.717, 1.165) is 11.1 Å². The molecule has 0 saturated heterocycles. The number of aromatic nitrogens is 2. The molecular weight excluding hydrogens is 410 g/mol. The molecule has 29 heavy (non-hydrogen) atoms. The topological polar surface area (TPSA) is 38.1 Å². The molecule has 1 aromatic heterocycles. The van der Waals surface area contributed by atoms with Crippen LogP contribution in [0.5, 0.6) is 0 Å². The maximum absolute atomic E-state index is 13.7. The zero-order valence-corrected chi connectivity index (χ0v) is 16.0. The number of carbonyl (C=O) groups excluding carboxylic acids is 1. The van der Waals surface area contributed by atoms with Crippen LogP contribution in [-0.2, 0) is 12.6 Å². The van der Waals surface area contributed by atoms with Crippen LogP contribution >= 0.6 is 11.6 Å². The number of likely N-dealkylation sites (N-methyl/N-ethyl adjacent to an activating group) is 1. The summed E-state index contributed by atoms with van der Waals surface area (Å²) in [4.78, 5) is 13.8. The average molecular weight is 426 g/mol. The number of nitrogens with zero attached hydrogens (tertiary/aromatic N) is 3. The van der Waals surface area contributed by atoms with E-state index >= 15 is 0 Å². The molecule has 1 amide bonds. The lowest BCUT2D eigenvalue weighted by molar-refractivity contribution is -0.143. The zero-order chi connectivity index (χ0) is 21.2. The Balaban J connectivity index is 1.87. The van der Waals surface area contributed by atoms with Crippen LogP contribution < -0.4 is 0 Å². The summed E-state index contributed by atoms with van der Waals surface area (Å²) in [5.74, 6) is -1.24. The van der Waals surface area contributed by atoms with Gasteiger partial charge in [-0.25, -0.2) is 9.07 Å². The smallest absolute Gasteiger partial charge is 0.341 e. The van der Waals surface area contributed by atoms with Crippen molar-refractivity contribution in [2.24, 2.45) is 0 Å². The van der Waals surface area contributed by atoms with Crippen molar-refractivity contribution in [3.05, 3.63) is 82.4 Å². The fraction of sp³-hybridized carbons (Fsp3) is 0.200. The van der Waals surface area contributed by atoms with Crippen molar-refractivity contribution in [1.29, 1.82) is 0 Å². The Kier molecular flexibility index (Phi) is 5.93. The molecule has 0 spiro atoms. The molecule has 2 aromatic carbocycles. The summed E-state index contributed by atoms with van der Waals surface area (Å²) in [5.41, 5.74) is -0.961. The summed E-state index contributed by atoms with van der Waals surface area (Å²) in [5, 5.41) is 4.14. The number of carbonyl (C=O) groups is 1. The van der Waals surface area contributed by atoms with Crippen LogP contribution in [0.4, 0.5) is 17.6 Å². The maximum atomic E-state index is 13.7. The first-order chi connectivity index (χ1) is 13.7. The molecule has 0 radical (unpaired) electrons. The van der Waals surface area contributed by atoms with E-state index in [9.17, 15) is 22.4 Å². The molecule has 0 fully saturated rings. The number of halogens is 5. The molecule has 9 heteroatoms. The molecule has 0 aliphatic heterocycles. The summed E-state index contributed by atoms with van der Waals surface area (Å²) < 4.78 is 55.1. The minimum Gasteiger partial charge on any atom is -0.341 e. The lowest BCUT2D eigenvalue weighted by Crippen LogP contribution is -2.30. The van der Waals surface area contributed by atoms with Gasteiger partial charge in [0, 0.05) is 18.6 Å². The molecule has 3 rings (SSSR count). The van der Waals surface area contributed by atoms with E-state index in [1.54, 1.807) is 6.07 Å². The highest BCUT2D eigenvalue weighted by molar-refractivity contribution is 6.30. The molecule has 0 saturated carbocycles. The predicted molar refractivity (Wildman–Crippen MR) is 101 cm³/mol. The Bertz CT molecular complexity index is 1020. The molecule has 0 bridgehead atoms. The van der Waals surface area contributed by atoms with Crippen LogP contribution in [0.3, 0.4) is 0 Å². The zero-order valence-electron chi connectivity index (χ0n) is 15.3. The van der Waals surface area contributed by atoms with Gasteiger partial charge in [0.05, 0.1) is 17.4 Å². The molecule has 4 nitrogen and oxygen atoms in total. The highest BCUT2D eigenvalue weighted by Crippen LogP contribution is 2.34. The Labute approximate surface area is 169 Å². The molecule has 3 aromatic rings. The Hall–Kier alpha value is -2.87. The minimum atomic E-state index is -4.80. The Morgan fingerprint density at radius 3 is 2.48 bits per heavy atom. The van der Waals surface area contributed by atoms with Gasteiger partial charge in [0.25, 0.3) is 5.91 Å². The minimum absolute atomic E-state index is 0.117. The van der Waals surface area contributed by atoms with Gasteiger partial charge in [-0.1, -0.05) is 23.7 Å². The highest BCUT2D eigenvalue weighted by atomic mass is 35.5. The van der Waals surface area contributed by atoms with Crippen molar-refractivity contribution in [3.8, 4) is 5.69 Å². The van der Waals surface area contributed by atoms with Crippen LogP contribution in [-0.4, -0.2) is 34.2 Å². The number of rotatable bonds is 5. The van der Waals surface area contributed by atoms with E-state index in [-0.39, 0.29) is 12.2 Å². The quantitative estimate of drug-likeness (QED) is 0.540. The van der Waals surface area contributed by atoms with E-state index in [2.05, 4.69) is 5.10 Å². The monoisotopic (exact) mass is 425 g/mol. The summed E-state index contributed by atoms with van der Waals surface area (Å²) in [6.45, 7) is 0.117. The van der Waals surface area contributed by atoms with Gasteiger partial charge in [-0.3, -0.25) is 4.79 Å². The predicted octanol–water partition coefficient (Wildman–Crippen LogP) is 5.00. The molecule has 0 aliphatic rings. The summed E-state index contributed by atoms with van der Waals surface area (Å²) >= 11 is 5.78. The standard InChI is InChI=1S/C20H16ClF4N3O/c1-27(10-9-13-3-2-4-15(22)11-13)19(29)17-12-26-28(18(17)20(23,24)25)16-7-5-14(21)6-8-16/h2-8,11-12H,9-10H2,1H3. The van der Waals surface area contributed by atoms with Crippen molar-refractivity contribution in [1.82, 2.24) is 14.7 Å². The van der Waals surface area contributed by atoms with Crippen LogP contribution in [0, 0.1) is 5.82 Å². The van der Waals surface area contributed by atoms with Crippen LogP contribution in [0.15, 0.2) is 54.7 Å². The summed E-state index contributed by atoms with van der Waals surface area (Å²) in [6, 6.07) is 11.5. The fourth-order valence-electron chi connectivity index (χ4n) is 2.85. The van der Waals surface area contributed by atoms with Crippen molar-refractivity contribution >= 4 is 17.5 Å². The molecule has 0 unspecified atom stereocenters. The molecule has 0 N–H and O–H groups in total. The number of benzene rings is 2. The van der Waals surface area contributed by atoms with Gasteiger partial charge in [0.15, 0.2) is 5.69 Å². The maximum Gasteiger partial charge on any atom is 0.434 e. The van der Waals surface area contributed by atoms with Crippen molar-refractivity contribution in [2.45, 2.75) is 12.6 Å². The first-order valence-corrected chi connectivity index (χ1v) is 8.95. The van der Waals surface area contributed by atoms with Crippen molar-refractivity contribution in [2.75, 3.05) is 13.6 Å². The van der Waals surface area contributed by atoms with Crippen molar-refractivity contribution in [3.63, 3.8) is 0 Å². The van der Waals surface area contributed by atoms with Gasteiger partial charge in [0.2, 0.25) is 0 Å². The van der Waals surface area contributed by atoms with E-state index in [1.807, 2.05) is 0 Å². The van der Waals surface area contributed by atoms with Gasteiger partial charge >= 0.3 is 6.18 Å². The number of alkyl halides is 3. The molecular formula is C20H16ClF4N3O. The number of amides is 1. The second kappa shape index (κ2) is 8.24. The first kappa shape index (κ1) is 20.9. The van der Waals surface area contributed by atoms with Crippen LogP contribution in [0.2, 0.25) is 5.02 Å². The SMILES string of the molecule is CN(CCc1cccc(F)c1)C(=O)c1cnn(-c2ccc(Cl)cc2)c1C(F)(F)F.